The van der Waals surface area contributed by atoms with Crippen LogP contribution in [-0.2, 0) is 0 Å². The molecule has 21 heavy (non-hydrogen) atoms. The third-order valence-electron chi connectivity index (χ3n) is 2.68. The number of aromatic nitrogens is 4. The molecular formula is C13H8N8. The number of nitrogens with one attached hydrogen (secondary N) is 1. The summed E-state index contributed by atoms with van der Waals surface area (Å²) in [6, 6.07) is 10.5. The molecule has 1 N–H and O–H groups in total. The Morgan fingerprint density at radius 1 is 1.19 bits per heavy atom. The number of tetrazole rings is 1. The normalized spacial score (nSPS) is 9.05. The second kappa shape index (κ2) is 5.96. The highest BCUT2D eigenvalue weighted by atomic mass is 15.5. The molecule has 2 rings (SSSR count). The van der Waals surface area contributed by atoms with Crippen LogP contribution in [0.3, 0.4) is 0 Å². The van der Waals surface area contributed by atoms with E-state index >= 15 is 0 Å². The van der Waals surface area contributed by atoms with E-state index in [1.165, 1.54) is 11.0 Å². The number of nitrogens with zero attached hydrogens (tertiary/aromatic N) is 7. The highest BCUT2D eigenvalue weighted by Crippen LogP contribution is 2.21. The van der Waals surface area contributed by atoms with Gasteiger partial charge in [-0.3, -0.25) is 0 Å². The molecule has 8 nitrogen and oxygen atoms in total. The number of anilines is 1. The minimum atomic E-state index is -0.273. The Morgan fingerprint density at radius 3 is 2.52 bits per heavy atom. The van der Waals surface area contributed by atoms with Gasteiger partial charge in [-0.2, -0.15) is 15.8 Å². The van der Waals surface area contributed by atoms with Gasteiger partial charge in [-0.25, -0.2) is 4.68 Å². The van der Waals surface area contributed by atoms with Crippen molar-refractivity contribution in [1.29, 1.82) is 15.8 Å². The molecule has 0 radical (unpaired) electrons. The van der Waals surface area contributed by atoms with Crippen LogP contribution in [0.5, 0.6) is 0 Å². The largest absolute Gasteiger partial charge is 0.345 e. The molecule has 0 atom stereocenters. The van der Waals surface area contributed by atoms with Gasteiger partial charge in [-0.05, 0) is 35.0 Å². The maximum Gasteiger partial charge on any atom is 0.163 e. The zero-order chi connectivity index (χ0) is 15.2. The Balaban J connectivity index is 2.44. The predicted molar refractivity (Wildman–Crippen MR) is 71.4 cm³/mol. The molecule has 0 saturated carbocycles. The topological polar surface area (TPSA) is 127 Å². The number of nitriles is 3. The quantitative estimate of drug-likeness (QED) is 0.834. The van der Waals surface area contributed by atoms with Crippen LogP contribution in [0, 0.1) is 40.9 Å². The van der Waals surface area contributed by atoms with Crippen LogP contribution in [0.25, 0.3) is 5.69 Å². The number of benzene rings is 1. The molecule has 0 fully saturated rings. The van der Waals surface area contributed by atoms with E-state index in [9.17, 15) is 0 Å². The smallest absolute Gasteiger partial charge is 0.163 e. The fourth-order valence-corrected chi connectivity index (χ4v) is 1.58. The van der Waals surface area contributed by atoms with Gasteiger partial charge in [-0.1, -0.05) is 6.07 Å². The van der Waals surface area contributed by atoms with Crippen LogP contribution in [0.2, 0.25) is 0 Å². The Bertz CT molecular complexity index is 795. The molecule has 1 aromatic heterocycles. The zero-order valence-corrected chi connectivity index (χ0v) is 10.9. The van der Waals surface area contributed by atoms with Crippen molar-refractivity contribution in [2.75, 3.05) is 5.32 Å². The summed E-state index contributed by atoms with van der Waals surface area (Å²) in [4.78, 5) is 0. The van der Waals surface area contributed by atoms with Crippen molar-refractivity contribution in [3.63, 3.8) is 0 Å². The van der Waals surface area contributed by atoms with Gasteiger partial charge in [0.1, 0.15) is 30.2 Å². The predicted octanol–water partition coefficient (Wildman–Crippen LogP) is 1.21. The van der Waals surface area contributed by atoms with Crippen LogP contribution in [0.1, 0.15) is 5.56 Å². The number of hydrogen-bond donors (Lipinski definition) is 1. The molecule has 0 unspecified atom stereocenters. The first-order valence-corrected chi connectivity index (χ1v) is 5.75. The van der Waals surface area contributed by atoms with Crippen LogP contribution >= 0.6 is 0 Å². The lowest BCUT2D eigenvalue weighted by Gasteiger charge is -2.10. The van der Waals surface area contributed by atoms with Crippen molar-refractivity contribution in [2.24, 2.45) is 0 Å². The zero-order valence-electron chi connectivity index (χ0n) is 10.9. The summed E-state index contributed by atoms with van der Waals surface area (Å²) < 4.78 is 1.45. The van der Waals surface area contributed by atoms with Crippen LogP contribution in [0.4, 0.5) is 5.69 Å². The van der Waals surface area contributed by atoms with E-state index < -0.39 is 0 Å². The standard InChI is InChI=1S/C13H8N8/c1-9-2-3-11(21-8-17-19-20-21)4-12(9)18-13(7-16)10(5-14)6-15/h2-4,8,18H,1H3. The maximum absolute atomic E-state index is 9.05. The van der Waals surface area contributed by atoms with E-state index in [1.54, 1.807) is 18.2 Å². The van der Waals surface area contributed by atoms with Gasteiger partial charge >= 0.3 is 0 Å². The summed E-state index contributed by atoms with van der Waals surface area (Å²) in [6.45, 7) is 1.83. The van der Waals surface area contributed by atoms with Gasteiger partial charge in [0, 0.05) is 5.69 Å². The fraction of sp³-hybridized carbons (Fsp3) is 0.0769. The number of aryl methyl sites for hydroxylation is 1. The van der Waals surface area contributed by atoms with Crippen molar-refractivity contribution in [1.82, 2.24) is 20.2 Å². The van der Waals surface area contributed by atoms with Crippen molar-refractivity contribution < 1.29 is 0 Å². The monoisotopic (exact) mass is 276 g/mol. The molecule has 100 valence electrons. The minimum absolute atomic E-state index is 0.100. The Labute approximate surface area is 120 Å². The third kappa shape index (κ3) is 2.83. The van der Waals surface area contributed by atoms with Gasteiger partial charge in [-0.15, -0.1) is 5.10 Å². The number of hydrogen-bond acceptors (Lipinski definition) is 7. The van der Waals surface area contributed by atoms with Crippen LogP contribution in [-0.4, -0.2) is 20.2 Å². The number of rotatable bonds is 3. The highest BCUT2D eigenvalue weighted by Gasteiger charge is 2.09. The van der Waals surface area contributed by atoms with Crippen molar-refractivity contribution in [3.05, 3.63) is 41.4 Å². The SMILES string of the molecule is Cc1ccc(-n2cnnn2)cc1NC(C#N)=C(C#N)C#N. The van der Waals surface area contributed by atoms with Gasteiger partial charge in [0.2, 0.25) is 0 Å². The molecule has 0 aliphatic carbocycles. The van der Waals surface area contributed by atoms with E-state index in [0.29, 0.717) is 11.4 Å². The van der Waals surface area contributed by atoms with Crippen LogP contribution < -0.4 is 5.32 Å². The summed E-state index contributed by atoms with van der Waals surface area (Å²) >= 11 is 0. The van der Waals surface area contributed by atoms with Gasteiger partial charge in [0.25, 0.3) is 0 Å². The molecule has 0 aliphatic heterocycles. The van der Waals surface area contributed by atoms with Gasteiger partial charge in [0.15, 0.2) is 5.57 Å². The Morgan fingerprint density at radius 2 is 1.95 bits per heavy atom. The maximum atomic E-state index is 9.05. The Kier molecular flexibility index (Phi) is 3.90. The van der Waals surface area contributed by atoms with E-state index in [-0.39, 0.29) is 11.3 Å². The molecule has 2 aromatic rings. The molecule has 0 amide bonds. The third-order valence-corrected chi connectivity index (χ3v) is 2.68. The summed E-state index contributed by atoms with van der Waals surface area (Å²) in [5.74, 6) is 0. The molecule has 1 heterocycles. The average molecular weight is 276 g/mol. The molecule has 0 aliphatic rings. The molecule has 0 saturated heterocycles. The second-order valence-electron chi connectivity index (χ2n) is 3.96. The fourth-order valence-electron chi connectivity index (χ4n) is 1.58. The first-order valence-electron chi connectivity index (χ1n) is 5.75. The summed E-state index contributed by atoms with van der Waals surface area (Å²) in [5, 5.41) is 40.4. The first kappa shape index (κ1) is 13.7. The van der Waals surface area contributed by atoms with E-state index in [1.807, 2.05) is 25.1 Å². The van der Waals surface area contributed by atoms with Crippen molar-refractivity contribution in [2.45, 2.75) is 6.92 Å². The lowest BCUT2D eigenvalue weighted by Crippen LogP contribution is -2.04. The van der Waals surface area contributed by atoms with E-state index in [0.717, 1.165) is 5.56 Å². The molecule has 8 heteroatoms. The first-order chi connectivity index (χ1) is 10.2. The van der Waals surface area contributed by atoms with E-state index in [4.69, 9.17) is 15.8 Å². The van der Waals surface area contributed by atoms with Gasteiger partial charge in [0.05, 0.1) is 5.69 Å². The van der Waals surface area contributed by atoms with Gasteiger partial charge < -0.3 is 5.32 Å². The molecular weight excluding hydrogens is 268 g/mol. The molecule has 0 bridgehead atoms. The van der Waals surface area contributed by atoms with Crippen molar-refractivity contribution >= 4 is 5.69 Å². The Hall–Kier alpha value is -3.70. The highest BCUT2D eigenvalue weighted by molar-refractivity contribution is 5.64. The van der Waals surface area contributed by atoms with E-state index in [2.05, 4.69) is 20.8 Å². The molecule has 0 spiro atoms. The van der Waals surface area contributed by atoms with Crippen molar-refractivity contribution in [3.8, 4) is 23.9 Å². The second-order valence-corrected chi connectivity index (χ2v) is 3.96. The summed E-state index contributed by atoms with van der Waals surface area (Å²) in [6.07, 6.45) is 1.44. The lowest BCUT2D eigenvalue weighted by atomic mass is 10.1. The molecule has 1 aromatic carbocycles. The van der Waals surface area contributed by atoms with Crippen LogP contribution in [0.15, 0.2) is 35.8 Å². The average Bonchev–Trinajstić information content (AvgIpc) is 3.03. The summed E-state index contributed by atoms with van der Waals surface area (Å²) in [7, 11) is 0. The number of allylic oxidation sites excluding steroid dienone is 2. The lowest BCUT2D eigenvalue weighted by molar-refractivity contribution is 0.789. The summed E-state index contributed by atoms with van der Waals surface area (Å²) in [5.41, 5.74) is 1.74. The minimum Gasteiger partial charge on any atom is -0.345 e.